The molecule has 0 aromatic heterocycles. The normalized spacial score (nSPS) is 21.8. The molecule has 1 aromatic rings. The van der Waals surface area contributed by atoms with Crippen molar-refractivity contribution in [3.63, 3.8) is 0 Å². The molecule has 2 rings (SSSR count). The Balaban J connectivity index is 1.97. The van der Waals surface area contributed by atoms with E-state index >= 15 is 0 Å². The quantitative estimate of drug-likeness (QED) is 0.852. The average molecular weight is 297 g/mol. The third-order valence-corrected chi connectivity index (χ3v) is 3.84. The van der Waals surface area contributed by atoms with Gasteiger partial charge in [-0.2, -0.15) is 0 Å². The third-order valence-electron chi connectivity index (χ3n) is 3.65. The van der Waals surface area contributed by atoms with Crippen LogP contribution in [0.1, 0.15) is 12.5 Å². The molecule has 0 radical (unpaired) electrons. The van der Waals surface area contributed by atoms with Crippen molar-refractivity contribution in [1.82, 2.24) is 9.80 Å². The van der Waals surface area contributed by atoms with Gasteiger partial charge in [0.15, 0.2) is 0 Å². The van der Waals surface area contributed by atoms with E-state index < -0.39 is 5.38 Å². The van der Waals surface area contributed by atoms with E-state index in [2.05, 4.69) is 17.0 Å². The molecular formula is C15H21ClN2O2. The number of aliphatic hydroxyl groups is 1. The predicted molar refractivity (Wildman–Crippen MR) is 79.6 cm³/mol. The monoisotopic (exact) mass is 296 g/mol. The van der Waals surface area contributed by atoms with E-state index in [9.17, 15) is 9.90 Å². The van der Waals surface area contributed by atoms with Crippen LogP contribution in [-0.2, 0) is 11.3 Å². The van der Waals surface area contributed by atoms with Gasteiger partial charge >= 0.3 is 0 Å². The Kier molecular flexibility index (Phi) is 5.40. The van der Waals surface area contributed by atoms with Crippen molar-refractivity contribution in [1.29, 1.82) is 0 Å². The summed E-state index contributed by atoms with van der Waals surface area (Å²) in [5.74, 6) is -0.0925. The fourth-order valence-electron chi connectivity index (χ4n) is 2.58. The van der Waals surface area contributed by atoms with E-state index in [1.807, 2.05) is 18.2 Å². The number of carbonyl (C=O) groups excluding carboxylic acids is 1. The fourth-order valence-corrected chi connectivity index (χ4v) is 2.71. The molecule has 0 unspecified atom stereocenters. The molecule has 1 aliphatic heterocycles. The molecule has 0 spiro atoms. The van der Waals surface area contributed by atoms with Crippen molar-refractivity contribution in [3.8, 4) is 0 Å². The number of hydrogen-bond acceptors (Lipinski definition) is 3. The van der Waals surface area contributed by atoms with Gasteiger partial charge in [-0.15, -0.1) is 11.6 Å². The Morgan fingerprint density at radius 2 is 2.10 bits per heavy atom. The summed E-state index contributed by atoms with van der Waals surface area (Å²) >= 11 is 5.86. The van der Waals surface area contributed by atoms with Crippen LogP contribution in [0.2, 0.25) is 0 Å². The lowest BCUT2D eigenvalue weighted by Gasteiger charge is -2.41. The van der Waals surface area contributed by atoms with Crippen LogP contribution in [-0.4, -0.2) is 58.5 Å². The minimum absolute atomic E-state index is 0.0271. The summed E-state index contributed by atoms with van der Waals surface area (Å²) in [7, 11) is 0. The molecule has 0 aliphatic carbocycles. The highest BCUT2D eigenvalue weighted by Gasteiger charge is 2.31. The number of carbonyl (C=O) groups is 1. The van der Waals surface area contributed by atoms with Crippen molar-refractivity contribution in [3.05, 3.63) is 35.9 Å². The number of halogens is 1. The standard InChI is InChI=1S/C15H21ClN2O2/c1-12(16)15(20)18-8-7-17(10-14(18)11-19)9-13-5-3-2-4-6-13/h2-6,12,14,19H,7-11H2,1H3/t12-,14-/m0/s1. The van der Waals surface area contributed by atoms with Gasteiger partial charge in [0.05, 0.1) is 12.6 Å². The Morgan fingerprint density at radius 1 is 1.40 bits per heavy atom. The number of alkyl halides is 1. The Bertz CT molecular complexity index is 439. The largest absolute Gasteiger partial charge is 0.394 e. The molecule has 110 valence electrons. The molecule has 5 heteroatoms. The summed E-state index contributed by atoms with van der Waals surface area (Å²) in [6.07, 6.45) is 0. The van der Waals surface area contributed by atoms with E-state index in [-0.39, 0.29) is 18.6 Å². The molecule has 0 bridgehead atoms. The second-order valence-corrected chi connectivity index (χ2v) is 5.86. The average Bonchev–Trinajstić information content (AvgIpc) is 2.47. The summed E-state index contributed by atoms with van der Waals surface area (Å²) in [5.41, 5.74) is 1.25. The first-order chi connectivity index (χ1) is 9.61. The highest BCUT2D eigenvalue weighted by Crippen LogP contribution is 2.15. The zero-order valence-corrected chi connectivity index (χ0v) is 12.5. The van der Waals surface area contributed by atoms with Crippen molar-refractivity contribution in [2.24, 2.45) is 0 Å². The van der Waals surface area contributed by atoms with Gasteiger partial charge < -0.3 is 10.0 Å². The molecule has 1 fully saturated rings. The summed E-state index contributed by atoms with van der Waals surface area (Å²) in [4.78, 5) is 16.0. The van der Waals surface area contributed by atoms with Crippen LogP contribution in [0.15, 0.2) is 30.3 Å². The first-order valence-corrected chi connectivity index (χ1v) is 7.37. The maximum atomic E-state index is 12.0. The molecule has 1 amide bonds. The molecule has 20 heavy (non-hydrogen) atoms. The van der Waals surface area contributed by atoms with Gasteiger partial charge in [-0.3, -0.25) is 9.69 Å². The predicted octanol–water partition coefficient (Wildman–Crippen LogP) is 1.32. The van der Waals surface area contributed by atoms with Gasteiger partial charge in [0.1, 0.15) is 5.38 Å². The summed E-state index contributed by atoms with van der Waals surface area (Å²) < 4.78 is 0. The SMILES string of the molecule is C[C@H](Cl)C(=O)N1CCN(Cc2ccccc2)C[C@H]1CO. The molecule has 1 heterocycles. The lowest BCUT2D eigenvalue weighted by Crippen LogP contribution is -2.57. The Hall–Kier alpha value is -1.10. The fraction of sp³-hybridized carbons (Fsp3) is 0.533. The first kappa shape index (κ1) is 15.3. The van der Waals surface area contributed by atoms with Crippen LogP contribution in [0.3, 0.4) is 0 Å². The topological polar surface area (TPSA) is 43.8 Å². The molecular weight excluding hydrogens is 276 g/mol. The van der Waals surface area contributed by atoms with Crippen molar-refractivity contribution in [2.75, 3.05) is 26.2 Å². The second-order valence-electron chi connectivity index (χ2n) is 5.20. The number of piperazine rings is 1. The van der Waals surface area contributed by atoms with Crippen LogP contribution in [0.4, 0.5) is 0 Å². The van der Waals surface area contributed by atoms with Gasteiger partial charge in [0, 0.05) is 26.2 Å². The highest BCUT2D eigenvalue weighted by atomic mass is 35.5. The maximum Gasteiger partial charge on any atom is 0.240 e. The zero-order valence-electron chi connectivity index (χ0n) is 11.7. The van der Waals surface area contributed by atoms with Crippen LogP contribution in [0.5, 0.6) is 0 Å². The van der Waals surface area contributed by atoms with Gasteiger partial charge in [0.2, 0.25) is 5.91 Å². The van der Waals surface area contributed by atoms with Crippen molar-refractivity contribution >= 4 is 17.5 Å². The minimum atomic E-state index is -0.537. The Morgan fingerprint density at radius 3 is 2.70 bits per heavy atom. The number of benzene rings is 1. The first-order valence-electron chi connectivity index (χ1n) is 6.93. The molecule has 2 atom stereocenters. The summed E-state index contributed by atoms with van der Waals surface area (Å²) in [6, 6.07) is 10.1. The molecule has 1 N–H and O–H groups in total. The summed E-state index contributed by atoms with van der Waals surface area (Å²) in [5, 5.41) is 8.98. The second kappa shape index (κ2) is 7.07. The van der Waals surface area contributed by atoms with Crippen LogP contribution < -0.4 is 0 Å². The lowest BCUT2D eigenvalue weighted by atomic mass is 10.1. The van der Waals surface area contributed by atoms with E-state index in [1.165, 1.54) is 5.56 Å². The number of nitrogens with zero attached hydrogens (tertiary/aromatic N) is 2. The van der Waals surface area contributed by atoms with E-state index in [1.54, 1.807) is 11.8 Å². The number of amides is 1. The molecule has 1 aromatic carbocycles. The third kappa shape index (κ3) is 3.72. The zero-order chi connectivity index (χ0) is 14.5. The van der Waals surface area contributed by atoms with Crippen LogP contribution >= 0.6 is 11.6 Å². The molecule has 4 nitrogen and oxygen atoms in total. The number of hydrogen-bond donors (Lipinski definition) is 1. The minimum Gasteiger partial charge on any atom is -0.394 e. The molecule has 1 aliphatic rings. The highest BCUT2D eigenvalue weighted by molar-refractivity contribution is 6.30. The lowest BCUT2D eigenvalue weighted by molar-refractivity contribution is -0.136. The smallest absolute Gasteiger partial charge is 0.240 e. The van der Waals surface area contributed by atoms with Gasteiger partial charge in [-0.05, 0) is 12.5 Å². The summed E-state index contributed by atoms with van der Waals surface area (Å²) in [6.45, 7) is 4.60. The van der Waals surface area contributed by atoms with Gasteiger partial charge in [-0.25, -0.2) is 0 Å². The van der Waals surface area contributed by atoms with Crippen molar-refractivity contribution < 1.29 is 9.90 Å². The van der Waals surface area contributed by atoms with E-state index in [4.69, 9.17) is 11.6 Å². The number of aliphatic hydroxyl groups excluding tert-OH is 1. The van der Waals surface area contributed by atoms with E-state index in [0.717, 1.165) is 13.1 Å². The number of rotatable bonds is 4. The maximum absolute atomic E-state index is 12.0. The Labute approximate surface area is 124 Å². The van der Waals surface area contributed by atoms with Gasteiger partial charge in [0.25, 0.3) is 0 Å². The van der Waals surface area contributed by atoms with Crippen LogP contribution in [0, 0.1) is 0 Å². The van der Waals surface area contributed by atoms with Gasteiger partial charge in [-0.1, -0.05) is 30.3 Å². The molecule has 0 saturated carbocycles. The van der Waals surface area contributed by atoms with Crippen LogP contribution in [0.25, 0.3) is 0 Å². The van der Waals surface area contributed by atoms with E-state index in [0.29, 0.717) is 13.1 Å². The van der Waals surface area contributed by atoms with Crippen molar-refractivity contribution in [2.45, 2.75) is 24.9 Å². The molecule has 1 saturated heterocycles.